The Morgan fingerprint density at radius 2 is 1.48 bits per heavy atom. The van der Waals surface area contributed by atoms with Gasteiger partial charge in [0.1, 0.15) is 5.60 Å². The maximum Gasteiger partial charge on any atom is 0.104 e. The summed E-state index contributed by atoms with van der Waals surface area (Å²) in [5.41, 5.74) is -4.27. The normalized spacial score (nSPS) is 63.0. The number of fused-ring (bicyclic) bond motifs is 2. The molecule has 25 heavy (non-hydrogen) atoms. The van der Waals surface area contributed by atoms with Crippen LogP contribution in [0.2, 0.25) is 0 Å². The van der Waals surface area contributed by atoms with E-state index in [2.05, 4.69) is 6.92 Å². The molecule has 0 unspecified atom stereocenters. The molecule has 0 heterocycles. The lowest BCUT2D eigenvalue weighted by Gasteiger charge is -2.51. The van der Waals surface area contributed by atoms with E-state index >= 15 is 0 Å². The van der Waals surface area contributed by atoms with Crippen LogP contribution in [0.15, 0.2) is 0 Å². The largest absolute Gasteiger partial charge is 0.392 e. The van der Waals surface area contributed by atoms with E-state index in [9.17, 15) is 25.5 Å². The fourth-order valence-corrected chi connectivity index (χ4v) is 7.78. The van der Waals surface area contributed by atoms with Gasteiger partial charge in [-0.3, -0.25) is 0 Å². The van der Waals surface area contributed by atoms with Crippen molar-refractivity contribution in [2.75, 3.05) is 0 Å². The van der Waals surface area contributed by atoms with E-state index in [-0.39, 0.29) is 18.3 Å². The summed E-state index contributed by atoms with van der Waals surface area (Å²) in [6.07, 6.45) is 0.628. The highest BCUT2D eigenvalue weighted by atomic mass is 16.4. The Hall–Kier alpha value is -0.200. The topological polar surface area (TPSA) is 101 Å². The van der Waals surface area contributed by atoms with Crippen LogP contribution in [0, 0.1) is 34.5 Å². The predicted octanol–water partition coefficient (Wildman–Crippen LogP) is 1.05. The van der Waals surface area contributed by atoms with Gasteiger partial charge in [0.2, 0.25) is 0 Å². The van der Waals surface area contributed by atoms with Crippen LogP contribution < -0.4 is 0 Å². The van der Waals surface area contributed by atoms with Gasteiger partial charge in [-0.2, -0.15) is 0 Å². The van der Waals surface area contributed by atoms with Crippen molar-refractivity contribution in [1.82, 2.24) is 0 Å². The summed E-state index contributed by atoms with van der Waals surface area (Å²) in [6.45, 7) is 7.47. The molecule has 4 aliphatic carbocycles. The standard InChI is InChI=1S/C20H34O5/c1-10-8-19-9-15(22)20(25)13(7-14(21)17(20,2)3)18(4,24)12(19)6-5-11(10)16(19)23/h10-16,21-25H,5-9H2,1-4H3/t10-,11-,12+,13+,14+,15-,16-,18-,19+,20+/m1/s1. The SMILES string of the molecule is C[C@@H]1C[C@]23C[C@@H](O)[C@@]4(O)[C@@H](C[C@H](O)C4(C)C)[C@](C)(O)[C@@H]2CC[C@H]1[C@H]3O. The molecule has 5 nitrogen and oxygen atoms in total. The molecule has 1 spiro atoms. The average Bonchev–Trinajstić information content (AvgIpc) is 2.75. The number of aliphatic hydroxyl groups is 5. The minimum Gasteiger partial charge on any atom is -0.392 e. The number of rotatable bonds is 0. The van der Waals surface area contributed by atoms with Gasteiger partial charge in [0.15, 0.2) is 0 Å². The smallest absolute Gasteiger partial charge is 0.104 e. The minimum absolute atomic E-state index is 0.175. The zero-order valence-corrected chi connectivity index (χ0v) is 15.8. The van der Waals surface area contributed by atoms with E-state index < -0.39 is 46.3 Å². The summed E-state index contributed by atoms with van der Waals surface area (Å²) in [7, 11) is 0. The summed E-state index contributed by atoms with van der Waals surface area (Å²) in [5, 5.41) is 56.2. The van der Waals surface area contributed by atoms with Crippen molar-refractivity contribution < 1.29 is 25.5 Å². The van der Waals surface area contributed by atoms with E-state index in [0.717, 1.165) is 19.3 Å². The highest BCUT2D eigenvalue weighted by Crippen LogP contribution is 2.69. The molecule has 4 saturated carbocycles. The molecule has 4 fully saturated rings. The first-order valence-electron chi connectivity index (χ1n) is 9.89. The van der Waals surface area contributed by atoms with Crippen LogP contribution >= 0.6 is 0 Å². The molecule has 0 radical (unpaired) electrons. The Bertz CT molecular complexity index is 574. The molecular weight excluding hydrogens is 320 g/mol. The summed E-state index contributed by atoms with van der Waals surface area (Å²) in [5.74, 6) is -0.213. The Balaban J connectivity index is 1.88. The minimum atomic E-state index is -1.57. The summed E-state index contributed by atoms with van der Waals surface area (Å²) < 4.78 is 0. The van der Waals surface area contributed by atoms with Crippen molar-refractivity contribution in [2.45, 2.75) is 89.3 Å². The first kappa shape index (κ1) is 18.2. The van der Waals surface area contributed by atoms with Gasteiger partial charge in [0.25, 0.3) is 0 Å². The van der Waals surface area contributed by atoms with Gasteiger partial charge in [0, 0.05) is 16.7 Å². The van der Waals surface area contributed by atoms with E-state index in [4.69, 9.17) is 0 Å². The van der Waals surface area contributed by atoms with E-state index in [1.807, 2.05) is 0 Å². The van der Waals surface area contributed by atoms with Crippen molar-refractivity contribution in [3.8, 4) is 0 Å². The zero-order valence-electron chi connectivity index (χ0n) is 15.8. The Kier molecular flexibility index (Phi) is 3.63. The molecule has 4 aliphatic rings. The lowest BCUT2D eigenvalue weighted by Crippen LogP contribution is -2.60. The van der Waals surface area contributed by atoms with Crippen molar-refractivity contribution in [1.29, 1.82) is 0 Å². The monoisotopic (exact) mass is 354 g/mol. The lowest BCUT2D eigenvalue weighted by molar-refractivity contribution is -0.200. The van der Waals surface area contributed by atoms with Crippen LogP contribution in [0.1, 0.15) is 59.8 Å². The fourth-order valence-electron chi connectivity index (χ4n) is 7.78. The van der Waals surface area contributed by atoms with Gasteiger partial charge in [-0.25, -0.2) is 0 Å². The molecule has 5 heteroatoms. The van der Waals surface area contributed by atoms with Crippen LogP contribution in [0.5, 0.6) is 0 Å². The quantitative estimate of drug-likeness (QED) is 0.448. The lowest BCUT2D eigenvalue weighted by atomic mass is 9.57. The molecule has 10 atom stereocenters. The zero-order chi connectivity index (χ0) is 18.6. The average molecular weight is 354 g/mol. The maximum absolute atomic E-state index is 11.7. The second kappa shape index (κ2) is 4.99. The first-order chi connectivity index (χ1) is 11.4. The third kappa shape index (κ3) is 1.87. The van der Waals surface area contributed by atoms with Gasteiger partial charge < -0.3 is 25.5 Å². The van der Waals surface area contributed by atoms with Gasteiger partial charge in [-0.15, -0.1) is 0 Å². The van der Waals surface area contributed by atoms with E-state index in [1.54, 1.807) is 20.8 Å². The summed E-state index contributed by atoms with van der Waals surface area (Å²) >= 11 is 0. The van der Waals surface area contributed by atoms with Gasteiger partial charge in [-0.1, -0.05) is 20.8 Å². The molecule has 0 aromatic heterocycles. The van der Waals surface area contributed by atoms with Gasteiger partial charge in [0.05, 0.1) is 23.9 Å². The molecule has 144 valence electrons. The third-order valence-corrected chi connectivity index (χ3v) is 9.26. The second-order valence-corrected chi connectivity index (χ2v) is 10.5. The van der Waals surface area contributed by atoms with Crippen LogP contribution in [0.25, 0.3) is 0 Å². The molecule has 0 saturated heterocycles. The molecule has 0 aromatic rings. The van der Waals surface area contributed by atoms with Gasteiger partial charge in [-0.05, 0) is 56.8 Å². The predicted molar refractivity (Wildman–Crippen MR) is 92.5 cm³/mol. The van der Waals surface area contributed by atoms with Crippen LogP contribution in [0.3, 0.4) is 0 Å². The molecular formula is C20H34O5. The van der Waals surface area contributed by atoms with E-state index in [1.165, 1.54) is 0 Å². The molecule has 0 aromatic carbocycles. The third-order valence-electron chi connectivity index (χ3n) is 9.26. The fraction of sp³-hybridized carbons (Fsp3) is 1.00. The van der Waals surface area contributed by atoms with Crippen molar-refractivity contribution >= 4 is 0 Å². The number of aliphatic hydroxyl groups excluding tert-OH is 3. The van der Waals surface area contributed by atoms with Gasteiger partial charge >= 0.3 is 0 Å². The van der Waals surface area contributed by atoms with E-state index in [0.29, 0.717) is 12.3 Å². The van der Waals surface area contributed by atoms with Crippen LogP contribution in [-0.2, 0) is 0 Å². The summed E-state index contributed by atoms with van der Waals surface area (Å²) in [4.78, 5) is 0. The Morgan fingerprint density at radius 1 is 0.840 bits per heavy atom. The van der Waals surface area contributed by atoms with Crippen LogP contribution in [0.4, 0.5) is 0 Å². The number of hydrogen-bond donors (Lipinski definition) is 5. The molecule has 5 N–H and O–H groups in total. The maximum atomic E-state index is 11.7. The Labute approximate surface area is 150 Å². The molecule has 2 bridgehead atoms. The molecule has 0 aliphatic heterocycles. The van der Waals surface area contributed by atoms with Crippen molar-refractivity contribution in [2.24, 2.45) is 34.5 Å². The van der Waals surface area contributed by atoms with Crippen molar-refractivity contribution in [3.63, 3.8) is 0 Å². The number of hydrogen-bond acceptors (Lipinski definition) is 5. The summed E-state index contributed by atoms with van der Waals surface area (Å²) in [6, 6.07) is 0. The molecule has 0 amide bonds. The Morgan fingerprint density at radius 3 is 2.12 bits per heavy atom. The van der Waals surface area contributed by atoms with Crippen LogP contribution in [-0.4, -0.2) is 55.0 Å². The second-order valence-electron chi connectivity index (χ2n) is 10.5. The highest BCUT2D eigenvalue weighted by Gasteiger charge is 2.74. The highest BCUT2D eigenvalue weighted by molar-refractivity contribution is 5.24. The first-order valence-corrected chi connectivity index (χ1v) is 9.89. The molecule has 4 rings (SSSR count). The van der Waals surface area contributed by atoms with Crippen molar-refractivity contribution in [3.05, 3.63) is 0 Å².